The molecule has 1 aromatic carbocycles. The van der Waals surface area contributed by atoms with Crippen LogP contribution in [0.4, 0.5) is 10.2 Å². The zero-order valence-corrected chi connectivity index (χ0v) is 19.5. The number of anilines is 1. The lowest BCUT2D eigenvalue weighted by molar-refractivity contribution is -0.134. The minimum absolute atomic E-state index is 0.176. The van der Waals surface area contributed by atoms with Crippen molar-refractivity contribution >= 4 is 17.8 Å². The van der Waals surface area contributed by atoms with E-state index in [1.807, 2.05) is 12.1 Å². The number of aliphatic carboxylic acids is 2. The van der Waals surface area contributed by atoms with E-state index in [1.54, 1.807) is 12.1 Å². The van der Waals surface area contributed by atoms with E-state index in [0.29, 0.717) is 12.2 Å². The van der Waals surface area contributed by atoms with E-state index in [-0.39, 0.29) is 5.82 Å². The third-order valence-electron chi connectivity index (χ3n) is 6.20. The van der Waals surface area contributed by atoms with Gasteiger partial charge in [0.05, 0.1) is 0 Å². The maximum atomic E-state index is 13.4. The number of hydrogen-bond acceptors (Lipinski definition) is 5. The van der Waals surface area contributed by atoms with Crippen molar-refractivity contribution in [2.45, 2.75) is 39.0 Å². The number of pyridine rings is 1. The van der Waals surface area contributed by atoms with Crippen LogP contribution >= 0.6 is 0 Å². The van der Waals surface area contributed by atoms with E-state index in [4.69, 9.17) is 15.2 Å². The van der Waals surface area contributed by atoms with E-state index in [2.05, 4.69) is 22.8 Å². The van der Waals surface area contributed by atoms with Crippen molar-refractivity contribution < 1.29 is 24.2 Å². The minimum atomic E-state index is -1.26. The van der Waals surface area contributed by atoms with Gasteiger partial charge in [0, 0.05) is 44.0 Å². The van der Waals surface area contributed by atoms with Crippen LogP contribution in [-0.2, 0) is 22.4 Å². The number of carbonyl (C=O) groups is 2. The van der Waals surface area contributed by atoms with Crippen LogP contribution < -0.4 is 4.90 Å². The molecule has 1 saturated heterocycles. The first-order chi connectivity index (χ1) is 16.4. The van der Waals surface area contributed by atoms with Crippen molar-refractivity contribution in [3.8, 4) is 11.1 Å². The number of fused-ring (bicyclic) bond motifs is 1. The van der Waals surface area contributed by atoms with Crippen LogP contribution in [0.15, 0.2) is 42.5 Å². The first-order valence-corrected chi connectivity index (χ1v) is 11.8. The molecule has 0 radical (unpaired) electrons. The maximum absolute atomic E-state index is 13.4. The van der Waals surface area contributed by atoms with Gasteiger partial charge < -0.3 is 20.0 Å². The minimum Gasteiger partial charge on any atom is -0.478 e. The van der Waals surface area contributed by atoms with E-state index in [9.17, 15) is 14.0 Å². The topological polar surface area (TPSA) is 94.0 Å². The second-order valence-electron chi connectivity index (χ2n) is 8.45. The van der Waals surface area contributed by atoms with Gasteiger partial charge in [-0.2, -0.15) is 0 Å². The molecule has 1 fully saturated rings. The largest absolute Gasteiger partial charge is 0.478 e. The SMILES string of the molecule is CCN1CCN(c2cc(-c3ccc(F)cc3)c3c(n2)CCCCC3)CC1.O=C(O)/C=C\C(=O)O. The summed E-state index contributed by atoms with van der Waals surface area (Å²) in [6.07, 6.45) is 6.97. The Kier molecular flexibility index (Phi) is 9.16. The van der Waals surface area contributed by atoms with Crippen LogP contribution in [0.2, 0.25) is 0 Å². The third-order valence-corrected chi connectivity index (χ3v) is 6.20. The summed E-state index contributed by atoms with van der Waals surface area (Å²) in [6.45, 7) is 7.60. The number of nitrogens with zero attached hydrogens (tertiary/aromatic N) is 3. The Labute approximate surface area is 199 Å². The Balaban J connectivity index is 0.000000350. The summed E-state index contributed by atoms with van der Waals surface area (Å²) in [7, 11) is 0. The van der Waals surface area contributed by atoms with Crippen molar-refractivity contribution in [1.82, 2.24) is 9.88 Å². The molecule has 0 amide bonds. The molecule has 2 aliphatic rings. The van der Waals surface area contributed by atoms with Gasteiger partial charge in [-0.3, -0.25) is 0 Å². The van der Waals surface area contributed by atoms with Crippen LogP contribution in [0.5, 0.6) is 0 Å². The van der Waals surface area contributed by atoms with Crippen LogP contribution in [0.25, 0.3) is 11.1 Å². The van der Waals surface area contributed by atoms with Gasteiger partial charge in [-0.1, -0.05) is 25.5 Å². The molecule has 2 aromatic rings. The standard InChI is InChI=1S/C22H28FN3.C4H4O4/c1-2-25-12-14-26(15-13-25)22-16-20(17-8-10-18(23)11-9-17)19-6-4-3-5-7-21(19)24-22;5-3(6)1-2-4(7)8/h8-11,16H,2-7,12-15H2,1H3;1-2H,(H,5,6)(H,7,8)/b;2-1-. The van der Waals surface area contributed by atoms with Crippen molar-refractivity contribution in [2.75, 3.05) is 37.6 Å². The Bertz CT molecular complexity index is 999. The highest BCUT2D eigenvalue weighted by molar-refractivity contribution is 5.89. The molecule has 182 valence electrons. The molecule has 8 heteroatoms. The van der Waals surface area contributed by atoms with Crippen LogP contribution in [0.3, 0.4) is 0 Å². The quantitative estimate of drug-likeness (QED) is 0.505. The fourth-order valence-electron chi connectivity index (χ4n) is 4.35. The second-order valence-corrected chi connectivity index (χ2v) is 8.45. The van der Waals surface area contributed by atoms with Gasteiger partial charge in [0.25, 0.3) is 0 Å². The fourth-order valence-corrected chi connectivity index (χ4v) is 4.35. The highest BCUT2D eigenvalue weighted by Crippen LogP contribution is 2.33. The molecule has 4 rings (SSSR count). The normalized spacial score (nSPS) is 16.4. The predicted molar refractivity (Wildman–Crippen MR) is 130 cm³/mol. The van der Waals surface area contributed by atoms with Crippen molar-refractivity contribution in [1.29, 1.82) is 0 Å². The predicted octanol–water partition coefficient (Wildman–Crippen LogP) is 4.01. The van der Waals surface area contributed by atoms with Gasteiger partial charge in [0.15, 0.2) is 0 Å². The van der Waals surface area contributed by atoms with Crippen LogP contribution in [0.1, 0.15) is 37.4 Å². The lowest BCUT2D eigenvalue weighted by Gasteiger charge is -2.35. The first kappa shape index (κ1) is 25.4. The van der Waals surface area contributed by atoms with Crippen LogP contribution in [-0.4, -0.2) is 64.8 Å². The summed E-state index contributed by atoms with van der Waals surface area (Å²) < 4.78 is 13.4. The first-order valence-electron chi connectivity index (χ1n) is 11.8. The number of piperazine rings is 1. The number of aryl methyl sites for hydroxylation is 1. The van der Waals surface area contributed by atoms with Crippen molar-refractivity contribution in [3.63, 3.8) is 0 Å². The molecule has 1 aliphatic heterocycles. The summed E-state index contributed by atoms with van der Waals surface area (Å²) in [5, 5.41) is 15.6. The van der Waals surface area contributed by atoms with Gasteiger partial charge in [0.2, 0.25) is 0 Å². The molecule has 0 bridgehead atoms. The molecule has 0 saturated carbocycles. The summed E-state index contributed by atoms with van der Waals surface area (Å²) in [4.78, 5) is 29.1. The zero-order valence-electron chi connectivity index (χ0n) is 19.5. The number of benzene rings is 1. The zero-order chi connectivity index (χ0) is 24.5. The summed E-state index contributed by atoms with van der Waals surface area (Å²) in [5.41, 5.74) is 5.01. The number of carboxylic acid groups (broad SMARTS) is 2. The lowest BCUT2D eigenvalue weighted by Crippen LogP contribution is -2.46. The fraction of sp³-hybridized carbons (Fsp3) is 0.423. The van der Waals surface area contributed by atoms with Gasteiger partial charge in [-0.05, 0) is 67.1 Å². The van der Waals surface area contributed by atoms with E-state index in [0.717, 1.165) is 56.9 Å². The van der Waals surface area contributed by atoms with Crippen LogP contribution in [0, 0.1) is 5.82 Å². The Hall–Kier alpha value is -3.26. The van der Waals surface area contributed by atoms with Crippen molar-refractivity contribution in [2.24, 2.45) is 0 Å². The molecular weight excluding hydrogens is 437 g/mol. The average Bonchev–Trinajstić information content (AvgIpc) is 3.09. The monoisotopic (exact) mass is 469 g/mol. The summed E-state index contributed by atoms with van der Waals surface area (Å²) >= 11 is 0. The third kappa shape index (κ3) is 7.12. The number of hydrogen-bond donors (Lipinski definition) is 2. The Morgan fingerprint density at radius 2 is 1.59 bits per heavy atom. The molecule has 0 atom stereocenters. The molecule has 34 heavy (non-hydrogen) atoms. The maximum Gasteiger partial charge on any atom is 0.328 e. The smallest absolute Gasteiger partial charge is 0.328 e. The van der Waals surface area contributed by atoms with Crippen molar-refractivity contribution in [3.05, 3.63) is 59.6 Å². The molecule has 0 unspecified atom stereocenters. The van der Waals surface area contributed by atoms with E-state index >= 15 is 0 Å². The average molecular weight is 470 g/mol. The molecule has 0 spiro atoms. The molecule has 7 nitrogen and oxygen atoms in total. The molecular formula is C26H32FN3O4. The molecule has 2 N–H and O–H groups in total. The highest BCUT2D eigenvalue weighted by atomic mass is 19.1. The Morgan fingerprint density at radius 1 is 0.971 bits per heavy atom. The second kappa shape index (κ2) is 12.3. The van der Waals surface area contributed by atoms with Gasteiger partial charge in [0.1, 0.15) is 11.6 Å². The van der Waals surface area contributed by atoms with Gasteiger partial charge in [-0.15, -0.1) is 0 Å². The number of carboxylic acids is 2. The van der Waals surface area contributed by atoms with E-state index in [1.165, 1.54) is 36.1 Å². The summed E-state index contributed by atoms with van der Waals surface area (Å²) in [6, 6.07) is 9.21. The Morgan fingerprint density at radius 3 is 2.18 bits per heavy atom. The number of rotatable bonds is 5. The summed E-state index contributed by atoms with van der Waals surface area (Å²) in [5.74, 6) is -1.59. The van der Waals surface area contributed by atoms with Gasteiger partial charge in [-0.25, -0.2) is 19.0 Å². The van der Waals surface area contributed by atoms with Gasteiger partial charge >= 0.3 is 11.9 Å². The number of halogens is 1. The number of likely N-dealkylation sites (N-methyl/N-ethyl adjacent to an activating group) is 1. The van der Waals surface area contributed by atoms with E-state index < -0.39 is 11.9 Å². The molecule has 1 aliphatic carbocycles. The number of aromatic nitrogens is 1. The molecule has 2 heterocycles. The lowest BCUT2D eigenvalue weighted by atomic mass is 9.95. The molecule has 1 aromatic heterocycles. The highest BCUT2D eigenvalue weighted by Gasteiger charge is 2.21.